The molecule has 3 amide bonds. The molecule has 204 valence electrons. The summed E-state index contributed by atoms with van der Waals surface area (Å²) in [6.07, 6.45) is 5.37. The van der Waals surface area contributed by atoms with Crippen LogP contribution < -0.4 is 10.2 Å². The van der Waals surface area contributed by atoms with Crippen LogP contribution in [0.25, 0.3) is 10.9 Å². The maximum atomic E-state index is 13.7. The zero-order valence-corrected chi connectivity index (χ0v) is 21.7. The fraction of sp³-hybridized carbons (Fsp3) is 0.448. The summed E-state index contributed by atoms with van der Waals surface area (Å²) in [7, 11) is 0. The molecule has 2 atom stereocenters. The average molecular weight is 536 g/mol. The number of halogens is 2. The zero-order valence-electron chi connectivity index (χ0n) is 21.7. The molecular weight excluding hydrogens is 504 g/mol. The summed E-state index contributed by atoms with van der Waals surface area (Å²) in [5.41, 5.74) is 2.30. The van der Waals surface area contributed by atoms with E-state index in [9.17, 15) is 23.2 Å². The van der Waals surface area contributed by atoms with E-state index >= 15 is 0 Å². The second kappa shape index (κ2) is 9.73. The second-order valence-electron chi connectivity index (χ2n) is 11.0. The van der Waals surface area contributed by atoms with Gasteiger partial charge < -0.3 is 15.1 Å². The lowest BCUT2D eigenvalue weighted by Crippen LogP contribution is -2.46. The summed E-state index contributed by atoms with van der Waals surface area (Å²) >= 11 is 0. The molecule has 0 radical (unpaired) electrons. The Labute approximate surface area is 224 Å². The highest BCUT2D eigenvalue weighted by molar-refractivity contribution is 6.00. The van der Waals surface area contributed by atoms with Crippen LogP contribution in [-0.2, 0) is 14.4 Å². The van der Waals surface area contributed by atoms with Gasteiger partial charge in [0, 0.05) is 43.4 Å². The van der Waals surface area contributed by atoms with Crippen LogP contribution in [0.3, 0.4) is 0 Å². The third-order valence-corrected chi connectivity index (χ3v) is 8.08. The first kappa shape index (κ1) is 25.5. The number of carbonyl (C=O) groups excluding carboxylic acids is 3. The Balaban J connectivity index is 1.26. The Bertz CT molecular complexity index is 1410. The van der Waals surface area contributed by atoms with E-state index in [-0.39, 0.29) is 30.2 Å². The van der Waals surface area contributed by atoms with Gasteiger partial charge in [0.2, 0.25) is 11.8 Å². The number of carbonyl (C=O) groups is 3. The Hall–Kier alpha value is -3.82. The Morgan fingerprint density at radius 1 is 1.03 bits per heavy atom. The highest BCUT2D eigenvalue weighted by atomic mass is 19.3. The van der Waals surface area contributed by atoms with Crippen LogP contribution in [0, 0.1) is 5.92 Å². The van der Waals surface area contributed by atoms with Gasteiger partial charge in [0.05, 0.1) is 29.8 Å². The normalized spacial score (nSPS) is 22.5. The summed E-state index contributed by atoms with van der Waals surface area (Å²) in [5, 5.41) is 7.92. The van der Waals surface area contributed by atoms with E-state index < -0.39 is 23.9 Å². The van der Waals surface area contributed by atoms with Crippen molar-refractivity contribution in [3.63, 3.8) is 0 Å². The van der Waals surface area contributed by atoms with Crippen molar-refractivity contribution in [2.24, 2.45) is 5.92 Å². The topological polar surface area (TPSA) is 87.5 Å². The van der Waals surface area contributed by atoms with Crippen molar-refractivity contribution in [3.05, 3.63) is 60.3 Å². The van der Waals surface area contributed by atoms with Gasteiger partial charge in [-0.05, 0) is 49.4 Å². The molecule has 2 aromatic carbocycles. The number of hydrogen-bond donors (Lipinski definition) is 1. The number of nitrogens with one attached hydrogen (secondary N) is 1. The molecule has 3 aromatic rings. The lowest BCUT2D eigenvalue weighted by Gasteiger charge is -2.32. The minimum atomic E-state index is -3.55. The molecule has 39 heavy (non-hydrogen) atoms. The average Bonchev–Trinajstić information content (AvgIpc) is 3.61. The van der Waals surface area contributed by atoms with Crippen LogP contribution in [0.2, 0.25) is 0 Å². The number of amides is 3. The monoisotopic (exact) mass is 535 g/mol. The van der Waals surface area contributed by atoms with Gasteiger partial charge in [-0.25, -0.2) is 0 Å². The van der Waals surface area contributed by atoms with Gasteiger partial charge in [0.15, 0.2) is 0 Å². The number of alkyl halides is 2. The lowest BCUT2D eigenvalue weighted by molar-refractivity contribution is -0.143. The van der Waals surface area contributed by atoms with Gasteiger partial charge in [0.1, 0.15) is 0 Å². The lowest BCUT2D eigenvalue weighted by atomic mass is 9.99. The van der Waals surface area contributed by atoms with E-state index in [0.29, 0.717) is 12.6 Å². The molecule has 3 fully saturated rings. The fourth-order valence-corrected chi connectivity index (χ4v) is 5.90. The maximum absolute atomic E-state index is 13.7. The van der Waals surface area contributed by atoms with Crippen molar-refractivity contribution in [1.82, 2.24) is 20.0 Å². The molecule has 0 bridgehead atoms. The number of anilines is 1. The Kier molecular flexibility index (Phi) is 6.35. The third-order valence-electron chi connectivity index (χ3n) is 8.08. The number of aromatic nitrogens is 2. The van der Waals surface area contributed by atoms with Crippen LogP contribution in [0.4, 0.5) is 14.5 Å². The fourth-order valence-electron chi connectivity index (χ4n) is 5.90. The smallest absolute Gasteiger partial charge is 0.321 e. The van der Waals surface area contributed by atoms with Gasteiger partial charge in [-0.2, -0.15) is 13.9 Å². The second-order valence-corrected chi connectivity index (χ2v) is 11.0. The first-order valence-electron chi connectivity index (χ1n) is 13.5. The summed E-state index contributed by atoms with van der Waals surface area (Å²) in [6, 6.07) is 13.5. The van der Waals surface area contributed by atoms with E-state index in [2.05, 4.69) is 10.4 Å². The van der Waals surface area contributed by atoms with Crippen LogP contribution >= 0.6 is 0 Å². The SMILES string of the molecule is CC(F)(F)C(=O)NC1CC(=O)N(c2ccc3c(cnn3C3CCN(C(=O)C4CC4)CC3)c2)C1c1ccccc1. The van der Waals surface area contributed by atoms with Crippen LogP contribution in [0.1, 0.15) is 56.7 Å². The molecule has 2 unspecified atom stereocenters. The molecule has 1 N–H and O–H groups in total. The Morgan fingerprint density at radius 3 is 2.41 bits per heavy atom. The van der Waals surface area contributed by atoms with Gasteiger partial charge in [-0.1, -0.05) is 30.3 Å². The van der Waals surface area contributed by atoms with Crippen molar-refractivity contribution in [1.29, 1.82) is 0 Å². The first-order valence-corrected chi connectivity index (χ1v) is 13.5. The molecule has 3 aliphatic rings. The van der Waals surface area contributed by atoms with Crippen molar-refractivity contribution in [3.8, 4) is 0 Å². The standard InChI is InChI=1S/C29H31F2N5O3/c1-29(30,31)28(39)33-23-16-25(37)35(26(23)18-5-3-2-4-6-18)22-9-10-24-20(15-22)17-32-36(24)21-11-13-34(14-12-21)27(38)19-7-8-19/h2-6,9-10,15,17,19,21,23,26H,7-8,11-14,16H2,1H3,(H,33,39). The molecule has 0 spiro atoms. The van der Waals surface area contributed by atoms with Gasteiger partial charge in [0.25, 0.3) is 5.91 Å². The number of benzene rings is 2. The van der Waals surface area contributed by atoms with Crippen molar-refractivity contribution in [2.45, 2.75) is 63.1 Å². The van der Waals surface area contributed by atoms with E-state index in [0.717, 1.165) is 55.2 Å². The van der Waals surface area contributed by atoms with Crippen LogP contribution in [0.15, 0.2) is 54.7 Å². The summed E-state index contributed by atoms with van der Waals surface area (Å²) in [6.45, 7) is 2.00. The largest absolute Gasteiger partial charge is 0.345 e. The molecule has 2 aliphatic heterocycles. The zero-order chi connectivity index (χ0) is 27.3. The van der Waals surface area contributed by atoms with Gasteiger partial charge in [-0.15, -0.1) is 0 Å². The molecule has 6 rings (SSSR count). The minimum absolute atomic E-state index is 0.0865. The molecule has 10 heteroatoms. The summed E-state index contributed by atoms with van der Waals surface area (Å²) in [5.74, 6) is -4.70. The predicted molar refractivity (Wildman–Crippen MR) is 141 cm³/mol. The van der Waals surface area contributed by atoms with Gasteiger partial charge in [-0.3, -0.25) is 19.1 Å². The maximum Gasteiger partial charge on any atom is 0.321 e. The molecule has 1 aromatic heterocycles. The van der Waals surface area contributed by atoms with Crippen LogP contribution in [0.5, 0.6) is 0 Å². The van der Waals surface area contributed by atoms with Gasteiger partial charge >= 0.3 is 5.92 Å². The summed E-state index contributed by atoms with van der Waals surface area (Å²) < 4.78 is 29.4. The predicted octanol–water partition coefficient (Wildman–Crippen LogP) is 4.23. The summed E-state index contributed by atoms with van der Waals surface area (Å²) in [4.78, 5) is 41.4. The van der Waals surface area contributed by atoms with Crippen molar-refractivity contribution in [2.75, 3.05) is 18.0 Å². The molecular formula is C29H31F2N5O3. The van der Waals surface area contributed by atoms with E-state index in [1.807, 2.05) is 58.1 Å². The third kappa shape index (κ3) is 4.88. The quantitative estimate of drug-likeness (QED) is 0.512. The molecule has 8 nitrogen and oxygen atoms in total. The van der Waals surface area contributed by atoms with E-state index in [1.165, 1.54) is 0 Å². The highest BCUT2D eigenvalue weighted by Gasteiger charge is 2.45. The number of fused-ring (bicyclic) bond motifs is 1. The number of likely N-dealkylation sites (tertiary alicyclic amines) is 1. The number of piperidine rings is 1. The van der Waals surface area contributed by atoms with Crippen molar-refractivity contribution < 1.29 is 23.2 Å². The molecule has 3 heterocycles. The number of hydrogen-bond acceptors (Lipinski definition) is 4. The number of nitrogens with zero attached hydrogens (tertiary/aromatic N) is 4. The minimum Gasteiger partial charge on any atom is -0.345 e. The Morgan fingerprint density at radius 2 is 1.74 bits per heavy atom. The highest BCUT2D eigenvalue weighted by Crippen LogP contribution is 2.39. The van der Waals surface area contributed by atoms with Crippen molar-refractivity contribution >= 4 is 34.3 Å². The molecule has 1 saturated carbocycles. The van der Waals surface area contributed by atoms with E-state index in [4.69, 9.17) is 0 Å². The first-order chi connectivity index (χ1) is 18.7. The number of rotatable bonds is 6. The molecule has 1 aliphatic carbocycles. The molecule has 2 saturated heterocycles. The van der Waals surface area contributed by atoms with E-state index in [1.54, 1.807) is 11.1 Å². The van der Waals surface area contributed by atoms with Crippen LogP contribution in [-0.4, -0.2) is 57.5 Å².